The Morgan fingerprint density at radius 1 is 1.19 bits per heavy atom. The van der Waals surface area contributed by atoms with E-state index in [1.807, 2.05) is 31.2 Å². The molecule has 3 rings (SSSR count). The van der Waals surface area contributed by atoms with Gasteiger partial charge in [-0.25, -0.2) is 0 Å². The Kier molecular flexibility index (Phi) is 4.94. The molecule has 0 amide bonds. The molecule has 1 aromatic rings. The maximum Gasteiger partial charge on any atom is 0.181 e. The third kappa shape index (κ3) is 3.47. The van der Waals surface area contributed by atoms with Gasteiger partial charge in [0.05, 0.1) is 6.61 Å². The molecule has 0 unspecified atom stereocenters. The lowest BCUT2D eigenvalue weighted by atomic mass is 9.84. The van der Waals surface area contributed by atoms with Crippen LogP contribution >= 0.6 is 0 Å². The molecule has 116 valence electrons. The van der Waals surface area contributed by atoms with Gasteiger partial charge >= 0.3 is 0 Å². The minimum absolute atomic E-state index is 0.581. The number of hydrogen-bond acceptors (Lipinski definition) is 3. The molecule has 0 radical (unpaired) electrons. The number of aliphatic hydroxyl groups is 1. The van der Waals surface area contributed by atoms with Crippen LogP contribution in [0, 0.1) is 12.8 Å². The summed E-state index contributed by atoms with van der Waals surface area (Å²) in [6.45, 7) is 5.20. The van der Waals surface area contributed by atoms with Crippen molar-refractivity contribution >= 4 is 0 Å². The minimum atomic E-state index is -0.787. The van der Waals surface area contributed by atoms with Crippen molar-refractivity contribution in [1.82, 2.24) is 4.90 Å². The van der Waals surface area contributed by atoms with Gasteiger partial charge in [0, 0.05) is 11.6 Å². The van der Waals surface area contributed by atoms with E-state index in [9.17, 15) is 5.11 Å². The summed E-state index contributed by atoms with van der Waals surface area (Å²) in [5.41, 5.74) is 1.99. The van der Waals surface area contributed by atoms with Gasteiger partial charge in [-0.2, -0.15) is 0 Å². The summed E-state index contributed by atoms with van der Waals surface area (Å²) in [4.78, 5) is 2.64. The van der Waals surface area contributed by atoms with Gasteiger partial charge in [0.25, 0.3) is 0 Å². The maximum absolute atomic E-state index is 10.3. The van der Waals surface area contributed by atoms with Gasteiger partial charge in [0.15, 0.2) is 6.29 Å². The van der Waals surface area contributed by atoms with Gasteiger partial charge in [-0.15, -0.1) is 0 Å². The third-order valence-corrected chi connectivity index (χ3v) is 5.15. The zero-order valence-corrected chi connectivity index (χ0v) is 13.0. The van der Waals surface area contributed by atoms with E-state index in [-0.39, 0.29) is 0 Å². The molecule has 2 aliphatic rings. The predicted octanol–water partition coefficient (Wildman–Crippen LogP) is 3.27. The molecule has 2 fully saturated rings. The smallest absolute Gasteiger partial charge is 0.181 e. The molecule has 1 aromatic carbocycles. The topological polar surface area (TPSA) is 32.7 Å². The van der Waals surface area contributed by atoms with Gasteiger partial charge in [0.1, 0.15) is 0 Å². The lowest BCUT2D eigenvalue weighted by Gasteiger charge is -2.44. The second-order valence-electron chi connectivity index (χ2n) is 6.54. The van der Waals surface area contributed by atoms with Crippen molar-refractivity contribution < 1.29 is 9.84 Å². The van der Waals surface area contributed by atoms with E-state index in [1.165, 1.54) is 45.2 Å². The quantitative estimate of drug-likeness (QED) is 0.864. The first-order valence-corrected chi connectivity index (χ1v) is 8.35. The lowest BCUT2D eigenvalue weighted by Crippen LogP contribution is -2.49. The number of aliphatic hydroxyl groups excluding tert-OH is 1. The summed E-state index contributed by atoms with van der Waals surface area (Å²) in [7, 11) is 0. The second kappa shape index (κ2) is 6.91. The van der Waals surface area contributed by atoms with Crippen LogP contribution in [-0.4, -0.2) is 35.7 Å². The highest BCUT2D eigenvalue weighted by Gasteiger charge is 2.33. The van der Waals surface area contributed by atoms with Crippen LogP contribution in [-0.2, 0) is 4.74 Å². The molecule has 0 spiro atoms. The third-order valence-electron chi connectivity index (χ3n) is 5.15. The fourth-order valence-corrected chi connectivity index (χ4v) is 3.94. The number of hydrogen-bond donors (Lipinski definition) is 1. The molecule has 2 saturated heterocycles. The largest absolute Gasteiger partial charge is 0.364 e. The first kappa shape index (κ1) is 15.0. The van der Waals surface area contributed by atoms with Crippen LogP contribution in [0.15, 0.2) is 24.3 Å². The fourth-order valence-electron chi connectivity index (χ4n) is 3.94. The Balaban J connectivity index is 1.58. The summed E-state index contributed by atoms with van der Waals surface area (Å²) in [6.07, 6.45) is 5.71. The SMILES string of the molecule is Cc1ccccc1[C@@H](O)OC[C@H]1CCCN2CCCC[C@H]12. The molecular weight excluding hydrogens is 262 g/mol. The summed E-state index contributed by atoms with van der Waals surface area (Å²) in [5, 5.41) is 10.3. The van der Waals surface area contributed by atoms with Crippen molar-refractivity contribution in [2.75, 3.05) is 19.7 Å². The van der Waals surface area contributed by atoms with Gasteiger partial charge < -0.3 is 14.7 Å². The van der Waals surface area contributed by atoms with E-state index >= 15 is 0 Å². The van der Waals surface area contributed by atoms with E-state index in [0.29, 0.717) is 18.6 Å². The number of piperidine rings is 2. The molecule has 3 heteroatoms. The summed E-state index contributed by atoms with van der Waals surface area (Å²) in [6, 6.07) is 8.60. The number of nitrogens with zero attached hydrogens (tertiary/aromatic N) is 1. The number of benzene rings is 1. The Morgan fingerprint density at radius 3 is 2.86 bits per heavy atom. The van der Waals surface area contributed by atoms with Crippen LogP contribution in [0.25, 0.3) is 0 Å². The average molecular weight is 289 g/mol. The highest BCUT2D eigenvalue weighted by Crippen LogP contribution is 2.32. The molecule has 3 nitrogen and oxygen atoms in total. The van der Waals surface area contributed by atoms with Gasteiger partial charge in [-0.05, 0) is 57.2 Å². The number of aryl methyl sites for hydroxylation is 1. The van der Waals surface area contributed by atoms with Gasteiger partial charge in [-0.3, -0.25) is 0 Å². The molecule has 0 aliphatic carbocycles. The Labute approximate surface area is 127 Å². The Hall–Kier alpha value is -0.900. The van der Waals surface area contributed by atoms with Crippen LogP contribution in [0.4, 0.5) is 0 Å². The van der Waals surface area contributed by atoms with E-state index in [1.54, 1.807) is 0 Å². The van der Waals surface area contributed by atoms with E-state index < -0.39 is 6.29 Å². The molecule has 0 saturated carbocycles. The van der Waals surface area contributed by atoms with Crippen LogP contribution < -0.4 is 0 Å². The standard InChI is InChI=1S/C18H27NO2/c1-14-7-2-3-9-16(14)18(20)21-13-15-8-6-12-19-11-5-4-10-17(15)19/h2-3,7,9,15,17-18,20H,4-6,8,10-13H2,1H3/t15-,17-,18+/m1/s1. The molecule has 3 atom stereocenters. The van der Waals surface area contributed by atoms with E-state index in [0.717, 1.165) is 11.1 Å². The summed E-state index contributed by atoms with van der Waals surface area (Å²) < 4.78 is 5.83. The minimum Gasteiger partial charge on any atom is -0.364 e. The highest BCUT2D eigenvalue weighted by atomic mass is 16.6. The first-order valence-electron chi connectivity index (χ1n) is 8.35. The monoisotopic (exact) mass is 289 g/mol. The van der Waals surface area contributed by atoms with Crippen LogP contribution in [0.1, 0.15) is 49.5 Å². The highest BCUT2D eigenvalue weighted by molar-refractivity contribution is 5.26. The van der Waals surface area contributed by atoms with Gasteiger partial charge in [-0.1, -0.05) is 30.7 Å². The Bertz CT molecular complexity index is 460. The molecular formula is C18H27NO2. The molecule has 0 aromatic heterocycles. The van der Waals surface area contributed by atoms with Crippen molar-refractivity contribution in [2.24, 2.45) is 5.92 Å². The normalized spacial score (nSPS) is 28.1. The van der Waals surface area contributed by atoms with Gasteiger partial charge in [0.2, 0.25) is 0 Å². The zero-order valence-electron chi connectivity index (χ0n) is 13.0. The molecule has 0 bridgehead atoms. The molecule has 2 aliphatic heterocycles. The predicted molar refractivity (Wildman–Crippen MR) is 84.0 cm³/mol. The van der Waals surface area contributed by atoms with Crippen LogP contribution in [0.3, 0.4) is 0 Å². The number of rotatable bonds is 4. The molecule has 21 heavy (non-hydrogen) atoms. The van der Waals surface area contributed by atoms with Crippen molar-refractivity contribution in [1.29, 1.82) is 0 Å². The van der Waals surface area contributed by atoms with Crippen LogP contribution in [0.2, 0.25) is 0 Å². The Morgan fingerprint density at radius 2 is 2.00 bits per heavy atom. The van der Waals surface area contributed by atoms with Crippen molar-refractivity contribution in [3.8, 4) is 0 Å². The fraction of sp³-hybridized carbons (Fsp3) is 0.667. The molecule has 2 heterocycles. The average Bonchev–Trinajstić information content (AvgIpc) is 2.53. The van der Waals surface area contributed by atoms with E-state index in [4.69, 9.17) is 4.74 Å². The zero-order chi connectivity index (χ0) is 14.7. The van der Waals surface area contributed by atoms with Crippen molar-refractivity contribution in [2.45, 2.75) is 51.4 Å². The second-order valence-corrected chi connectivity index (χ2v) is 6.54. The van der Waals surface area contributed by atoms with E-state index in [2.05, 4.69) is 4.90 Å². The summed E-state index contributed by atoms with van der Waals surface area (Å²) >= 11 is 0. The first-order chi connectivity index (χ1) is 10.3. The molecule has 1 N–H and O–H groups in total. The van der Waals surface area contributed by atoms with Crippen molar-refractivity contribution in [3.05, 3.63) is 35.4 Å². The number of ether oxygens (including phenoxy) is 1. The lowest BCUT2D eigenvalue weighted by molar-refractivity contribution is -0.126. The maximum atomic E-state index is 10.3. The van der Waals surface area contributed by atoms with Crippen molar-refractivity contribution in [3.63, 3.8) is 0 Å². The van der Waals surface area contributed by atoms with Crippen LogP contribution in [0.5, 0.6) is 0 Å². The summed E-state index contributed by atoms with van der Waals surface area (Å²) in [5.74, 6) is 0.581. The number of fused-ring (bicyclic) bond motifs is 1.